The highest BCUT2D eigenvalue weighted by molar-refractivity contribution is 7.92. The molecule has 1 aliphatic rings. The summed E-state index contributed by atoms with van der Waals surface area (Å²) < 4.78 is 39.3. The fourth-order valence-electron chi connectivity index (χ4n) is 3.34. The molecule has 1 unspecified atom stereocenters. The number of fused-ring (bicyclic) bond motifs is 1. The summed E-state index contributed by atoms with van der Waals surface area (Å²) in [6.45, 7) is 1.97. The van der Waals surface area contributed by atoms with Crippen LogP contribution in [0, 0.1) is 6.92 Å². The zero-order valence-electron chi connectivity index (χ0n) is 17.9. The van der Waals surface area contributed by atoms with Crippen molar-refractivity contribution < 1.29 is 22.7 Å². The predicted molar refractivity (Wildman–Crippen MR) is 127 cm³/mol. The van der Waals surface area contributed by atoms with Crippen molar-refractivity contribution >= 4 is 33.2 Å². The Labute approximate surface area is 197 Å². The van der Waals surface area contributed by atoms with Crippen LogP contribution in [-0.2, 0) is 14.8 Å². The Morgan fingerprint density at radius 1 is 1.03 bits per heavy atom. The number of nitrogens with one attached hydrogen (secondary N) is 1. The van der Waals surface area contributed by atoms with E-state index in [-0.39, 0.29) is 24.2 Å². The number of nitrogens with zero attached hydrogens (tertiary/aromatic N) is 1. The molecule has 33 heavy (non-hydrogen) atoms. The Morgan fingerprint density at radius 3 is 2.39 bits per heavy atom. The van der Waals surface area contributed by atoms with Gasteiger partial charge in [0, 0.05) is 5.02 Å². The summed E-state index contributed by atoms with van der Waals surface area (Å²) in [6, 6.07) is 20.1. The van der Waals surface area contributed by atoms with Gasteiger partial charge in [-0.25, -0.2) is 8.42 Å². The van der Waals surface area contributed by atoms with Crippen molar-refractivity contribution in [1.82, 2.24) is 5.32 Å². The zero-order chi connectivity index (χ0) is 23.4. The van der Waals surface area contributed by atoms with Crippen LogP contribution in [0.25, 0.3) is 0 Å². The minimum Gasteiger partial charge on any atom is -0.486 e. The first kappa shape index (κ1) is 22.9. The van der Waals surface area contributed by atoms with Crippen LogP contribution >= 0.6 is 11.6 Å². The van der Waals surface area contributed by atoms with Crippen molar-refractivity contribution in [3.63, 3.8) is 0 Å². The lowest BCUT2D eigenvalue weighted by molar-refractivity contribution is -0.120. The number of para-hydroxylation sites is 2. The van der Waals surface area contributed by atoms with Gasteiger partial charge in [-0.05, 0) is 55.5 Å². The van der Waals surface area contributed by atoms with Crippen molar-refractivity contribution in [1.29, 1.82) is 0 Å². The van der Waals surface area contributed by atoms with Gasteiger partial charge in [-0.2, -0.15) is 0 Å². The second-order valence-corrected chi connectivity index (χ2v) is 9.90. The average Bonchev–Trinajstić information content (AvgIpc) is 2.82. The van der Waals surface area contributed by atoms with Gasteiger partial charge in [0.2, 0.25) is 5.91 Å². The molecule has 1 heterocycles. The molecule has 0 aliphatic carbocycles. The second-order valence-electron chi connectivity index (χ2n) is 7.60. The number of amides is 1. The molecule has 3 aromatic carbocycles. The number of hydrogen-bond acceptors (Lipinski definition) is 5. The van der Waals surface area contributed by atoms with Gasteiger partial charge in [0.05, 0.1) is 17.1 Å². The van der Waals surface area contributed by atoms with Crippen molar-refractivity contribution in [3.05, 3.63) is 83.4 Å². The number of sulfonamides is 1. The predicted octanol–water partition coefficient (Wildman–Crippen LogP) is 3.80. The van der Waals surface area contributed by atoms with Crippen LogP contribution < -0.4 is 19.1 Å². The van der Waals surface area contributed by atoms with E-state index in [9.17, 15) is 13.2 Å². The van der Waals surface area contributed by atoms with E-state index in [4.69, 9.17) is 21.1 Å². The molecule has 0 spiro atoms. The quantitative estimate of drug-likeness (QED) is 0.549. The molecule has 1 aliphatic heterocycles. The molecular weight excluding hydrogens is 464 g/mol. The monoisotopic (exact) mass is 486 g/mol. The van der Waals surface area contributed by atoms with Gasteiger partial charge >= 0.3 is 0 Å². The molecule has 0 saturated heterocycles. The van der Waals surface area contributed by atoms with Crippen molar-refractivity contribution in [2.24, 2.45) is 0 Å². The maximum atomic E-state index is 13.4. The third-order valence-electron chi connectivity index (χ3n) is 5.11. The highest BCUT2D eigenvalue weighted by Crippen LogP contribution is 2.30. The van der Waals surface area contributed by atoms with Gasteiger partial charge in [-0.15, -0.1) is 0 Å². The number of hydrogen-bond donors (Lipinski definition) is 1. The highest BCUT2D eigenvalue weighted by Gasteiger charge is 2.28. The minimum atomic E-state index is -4.00. The van der Waals surface area contributed by atoms with E-state index in [1.165, 1.54) is 24.3 Å². The maximum Gasteiger partial charge on any atom is 0.264 e. The molecule has 9 heteroatoms. The lowest BCUT2D eigenvalue weighted by Gasteiger charge is -2.27. The first-order valence-corrected chi connectivity index (χ1v) is 12.1. The second kappa shape index (κ2) is 9.72. The maximum absolute atomic E-state index is 13.4. The Bertz CT molecular complexity index is 1230. The molecule has 1 N–H and O–H groups in total. The minimum absolute atomic E-state index is 0.0425. The largest absolute Gasteiger partial charge is 0.486 e. The topological polar surface area (TPSA) is 84.9 Å². The number of benzene rings is 3. The fourth-order valence-corrected chi connectivity index (χ4v) is 4.88. The van der Waals surface area contributed by atoms with Gasteiger partial charge in [-0.3, -0.25) is 9.10 Å². The van der Waals surface area contributed by atoms with Crippen LogP contribution in [0.3, 0.4) is 0 Å². The van der Waals surface area contributed by atoms with E-state index in [1.807, 2.05) is 25.1 Å². The number of carbonyl (C=O) groups excluding carboxylic acids is 1. The molecule has 0 saturated carbocycles. The number of anilines is 1. The molecule has 0 fully saturated rings. The molecule has 3 aromatic rings. The Morgan fingerprint density at radius 2 is 1.70 bits per heavy atom. The Hall–Kier alpha value is -3.23. The molecule has 172 valence electrons. The van der Waals surface area contributed by atoms with Gasteiger partial charge in [0.1, 0.15) is 19.3 Å². The fraction of sp³-hybridized carbons (Fsp3) is 0.208. The summed E-state index contributed by atoms with van der Waals surface area (Å²) in [4.78, 5) is 12.8. The van der Waals surface area contributed by atoms with Gasteiger partial charge in [0.15, 0.2) is 11.5 Å². The van der Waals surface area contributed by atoms with Crippen LogP contribution in [-0.4, -0.2) is 40.1 Å². The number of carbonyl (C=O) groups is 1. The third kappa shape index (κ3) is 5.40. The summed E-state index contributed by atoms with van der Waals surface area (Å²) >= 11 is 5.91. The van der Waals surface area contributed by atoms with Crippen LogP contribution in [0.4, 0.5) is 5.69 Å². The summed E-state index contributed by atoms with van der Waals surface area (Å²) in [7, 11) is -4.00. The number of halogens is 1. The van der Waals surface area contributed by atoms with Crippen LogP contribution in [0.5, 0.6) is 11.5 Å². The number of rotatable bonds is 7. The van der Waals surface area contributed by atoms with Gasteiger partial charge in [0.25, 0.3) is 10.0 Å². The Balaban J connectivity index is 1.49. The van der Waals surface area contributed by atoms with E-state index < -0.39 is 22.5 Å². The van der Waals surface area contributed by atoms with Crippen molar-refractivity contribution in [2.75, 3.05) is 24.0 Å². The molecule has 1 atom stereocenters. The van der Waals surface area contributed by atoms with Crippen LogP contribution in [0.2, 0.25) is 5.02 Å². The van der Waals surface area contributed by atoms with E-state index in [1.54, 1.807) is 30.3 Å². The van der Waals surface area contributed by atoms with E-state index in [0.29, 0.717) is 22.2 Å². The summed E-state index contributed by atoms with van der Waals surface area (Å²) in [5, 5.41) is 3.18. The average molecular weight is 487 g/mol. The van der Waals surface area contributed by atoms with Crippen molar-refractivity contribution in [2.45, 2.75) is 17.9 Å². The number of aryl methyl sites for hydroxylation is 1. The summed E-state index contributed by atoms with van der Waals surface area (Å²) in [5.41, 5.74) is 1.36. The summed E-state index contributed by atoms with van der Waals surface area (Å²) in [6.07, 6.45) is -0.385. The van der Waals surface area contributed by atoms with E-state index in [0.717, 1.165) is 9.87 Å². The van der Waals surface area contributed by atoms with E-state index in [2.05, 4.69) is 5.32 Å². The molecule has 4 rings (SSSR count). The molecule has 1 amide bonds. The third-order valence-corrected chi connectivity index (χ3v) is 7.15. The first-order chi connectivity index (χ1) is 15.8. The van der Waals surface area contributed by atoms with Crippen molar-refractivity contribution in [3.8, 4) is 11.5 Å². The normalized spacial score (nSPS) is 15.0. The van der Waals surface area contributed by atoms with Crippen LogP contribution in [0.15, 0.2) is 77.7 Å². The summed E-state index contributed by atoms with van der Waals surface area (Å²) in [5.74, 6) is 0.796. The zero-order valence-corrected chi connectivity index (χ0v) is 19.5. The van der Waals surface area contributed by atoms with Gasteiger partial charge < -0.3 is 14.8 Å². The standard InChI is InChI=1S/C24H23ClN2O5S/c1-17-6-10-19(11-7-17)27(33(29,30)21-12-8-18(25)9-13-21)15-24(28)26-14-20-16-31-22-4-2-3-5-23(22)32-20/h2-13,20H,14-16H2,1H3,(H,26,28). The SMILES string of the molecule is Cc1ccc(N(CC(=O)NCC2COc3ccccc3O2)S(=O)(=O)c2ccc(Cl)cc2)cc1. The lowest BCUT2D eigenvalue weighted by Crippen LogP contribution is -2.45. The molecule has 0 radical (unpaired) electrons. The van der Waals surface area contributed by atoms with Gasteiger partial charge in [-0.1, -0.05) is 41.4 Å². The molecule has 0 aromatic heterocycles. The molecule has 0 bridgehead atoms. The van der Waals surface area contributed by atoms with Crippen LogP contribution in [0.1, 0.15) is 5.56 Å². The van der Waals surface area contributed by atoms with E-state index >= 15 is 0 Å². The smallest absolute Gasteiger partial charge is 0.264 e. The Kier molecular flexibility index (Phi) is 6.76. The lowest BCUT2D eigenvalue weighted by atomic mass is 10.2. The number of ether oxygens (including phenoxy) is 2. The molecular formula is C24H23ClN2O5S. The highest BCUT2D eigenvalue weighted by atomic mass is 35.5. The molecule has 7 nitrogen and oxygen atoms in total. The first-order valence-electron chi connectivity index (χ1n) is 10.3.